The third kappa shape index (κ3) is 3.26. The Hall–Kier alpha value is -2.47. The Bertz CT molecular complexity index is 592. The van der Waals surface area contributed by atoms with Crippen LogP contribution in [0.5, 0.6) is 5.75 Å². The molecule has 0 atom stereocenters. The number of phenols is 1. The van der Waals surface area contributed by atoms with E-state index in [1.807, 2.05) is 50.2 Å². The molecule has 0 spiro atoms. The van der Waals surface area contributed by atoms with E-state index in [9.17, 15) is 5.11 Å². The van der Waals surface area contributed by atoms with Crippen molar-refractivity contribution in [2.75, 3.05) is 5.32 Å². The quantitative estimate of drug-likeness (QED) is 0.874. The van der Waals surface area contributed by atoms with Crippen LogP contribution in [0, 0.1) is 11.3 Å². The van der Waals surface area contributed by atoms with E-state index in [2.05, 4.69) is 11.4 Å². The van der Waals surface area contributed by atoms with E-state index in [0.717, 1.165) is 16.8 Å². The van der Waals surface area contributed by atoms with Gasteiger partial charge in [0.2, 0.25) is 0 Å². The van der Waals surface area contributed by atoms with E-state index in [0.29, 0.717) is 0 Å². The van der Waals surface area contributed by atoms with E-state index < -0.39 is 5.54 Å². The van der Waals surface area contributed by atoms with Crippen molar-refractivity contribution in [3.63, 3.8) is 0 Å². The molecular formula is C16H16N2O. The maximum atomic E-state index is 9.26. The molecule has 0 aliphatic carbocycles. The highest BCUT2D eigenvalue weighted by Gasteiger charge is 2.15. The predicted octanol–water partition coefficient (Wildman–Crippen LogP) is 3.77. The van der Waals surface area contributed by atoms with Gasteiger partial charge in [-0.15, -0.1) is 0 Å². The zero-order valence-electron chi connectivity index (χ0n) is 11.0. The van der Waals surface area contributed by atoms with Gasteiger partial charge in [0.15, 0.2) is 0 Å². The van der Waals surface area contributed by atoms with Crippen molar-refractivity contribution in [3.8, 4) is 22.9 Å². The van der Waals surface area contributed by atoms with E-state index in [-0.39, 0.29) is 5.75 Å². The standard InChI is InChI=1S/C16H16N2O/c1-16(2,11-17)18-14-7-3-12(4-8-14)13-5-9-15(19)10-6-13/h3-10,18-19H,1-2H3. The molecule has 0 aliphatic heterocycles. The fourth-order valence-corrected chi connectivity index (χ4v) is 1.79. The van der Waals surface area contributed by atoms with E-state index in [1.165, 1.54) is 0 Å². The summed E-state index contributed by atoms with van der Waals surface area (Å²) in [6.07, 6.45) is 0. The SMILES string of the molecule is CC(C)(C#N)Nc1ccc(-c2ccc(O)cc2)cc1. The van der Waals surface area contributed by atoms with Gasteiger partial charge in [-0.05, 0) is 49.2 Å². The number of anilines is 1. The Labute approximate surface area is 113 Å². The van der Waals surface area contributed by atoms with Crippen LogP contribution in [0.4, 0.5) is 5.69 Å². The van der Waals surface area contributed by atoms with Gasteiger partial charge in [-0.1, -0.05) is 24.3 Å². The van der Waals surface area contributed by atoms with Gasteiger partial charge in [0.25, 0.3) is 0 Å². The lowest BCUT2D eigenvalue weighted by atomic mass is 10.0. The van der Waals surface area contributed by atoms with Crippen LogP contribution in [0.1, 0.15) is 13.8 Å². The molecule has 0 unspecified atom stereocenters. The van der Waals surface area contributed by atoms with Gasteiger partial charge in [0.05, 0.1) is 6.07 Å². The molecule has 0 heterocycles. The van der Waals surface area contributed by atoms with Gasteiger partial charge >= 0.3 is 0 Å². The van der Waals surface area contributed by atoms with Gasteiger partial charge in [0.1, 0.15) is 11.3 Å². The zero-order chi connectivity index (χ0) is 13.9. The fraction of sp³-hybridized carbons (Fsp3) is 0.188. The first-order chi connectivity index (χ1) is 9.00. The number of phenolic OH excluding ortho intramolecular Hbond substituents is 1. The topological polar surface area (TPSA) is 56.0 Å². The maximum Gasteiger partial charge on any atom is 0.119 e. The summed E-state index contributed by atoms with van der Waals surface area (Å²) in [5.41, 5.74) is 2.44. The third-order valence-electron chi connectivity index (χ3n) is 2.82. The number of aromatic hydroxyl groups is 1. The average molecular weight is 252 g/mol. The molecule has 3 nitrogen and oxygen atoms in total. The molecule has 0 radical (unpaired) electrons. The van der Waals surface area contributed by atoms with Gasteiger partial charge < -0.3 is 10.4 Å². The molecule has 19 heavy (non-hydrogen) atoms. The molecule has 2 aromatic carbocycles. The molecule has 0 fully saturated rings. The van der Waals surface area contributed by atoms with Gasteiger partial charge in [-0.2, -0.15) is 5.26 Å². The molecule has 0 saturated carbocycles. The molecule has 0 saturated heterocycles. The van der Waals surface area contributed by atoms with Crippen LogP contribution in [0.15, 0.2) is 48.5 Å². The van der Waals surface area contributed by atoms with Crippen LogP contribution in [-0.2, 0) is 0 Å². The number of hydrogen-bond donors (Lipinski definition) is 2. The van der Waals surface area contributed by atoms with E-state index >= 15 is 0 Å². The lowest BCUT2D eigenvalue weighted by Crippen LogP contribution is -2.28. The Morgan fingerprint density at radius 1 is 0.947 bits per heavy atom. The number of nitriles is 1. The minimum atomic E-state index is -0.583. The molecular weight excluding hydrogens is 236 g/mol. The molecule has 96 valence electrons. The largest absolute Gasteiger partial charge is 0.508 e. The summed E-state index contributed by atoms with van der Waals surface area (Å²) < 4.78 is 0. The average Bonchev–Trinajstić information content (AvgIpc) is 2.40. The summed E-state index contributed by atoms with van der Waals surface area (Å²) in [6, 6.07) is 17.1. The van der Waals surface area contributed by atoms with Crippen molar-refractivity contribution < 1.29 is 5.11 Å². The summed E-state index contributed by atoms with van der Waals surface area (Å²) in [5, 5.41) is 21.4. The number of nitrogens with one attached hydrogen (secondary N) is 1. The van der Waals surface area contributed by atoms with Crippen molar-refractivity contribution in [1.82, 2.24) is 0 Å². The van der Waals surface area contributed by atoms with Crippen LogP contribution >= 0.6 is 0 Å². The smallest absolute Gasteiger partial charge is 0.119 e. The number of hydrogen-bond acceptors (Lipinski definition) is 3. The summed E-state index contributed by atoms with van der Waals surface area (Å²) in [6.45, 7) is 3.67. The molecule has 0 aliphatic rings. The Morgan fingerprint density at radius 3 is 1.89 bits per heavy atom. The first kappa shape index (κ1) is 13.0. The molecule has 3 heteroatoms. The second-order valence-electron chi connectivity index (χ2n) is 4.99. The van der Waals surface area contributed by atoms with E-state index in [4.69, 9.17) is 5.26 Å². The number of benzene rings is 2. The number of nitrogens with zero attached hydrogens (tertiary/aromatic N) is 1. The van der Waals surface area contributed by atoms with Gasteiger partial charge in [-0.25, -0.2) is 0 Å². The van der Waals surface area contributed by atoms with Crippen LogP contribution in [-0.4, -0.2) is 10.6 Å². The van der Waals surface area contributed by atoms with Crippen molar-refractivity contribution in [3.05, 3.63) is 48.5 Å². The first-order valence-electron chi connectivity index (χ1n) is 6.09. The molecule has 0 aromatic heterocycles. The van der Waals surface area contributed by atoms with Crippen molar-refractivity contribution in [2.45, 2.75) is 19.4 Å². The van der Waals surface area contributed by atoms with Crippen LogP contribution in [0.25, 0.3) is 11.1 Å². The van der Waals surface area contributed by atoms with Gasteiger partial charge in [0, 0.05) is 5.69 Å². The van der Waals surface area contributed by atoms with Crippen molar-refractivity contribution in [2.24, 2.45) is 0 Å². The molecule has 2 rings (SSSR count). The normalized spacial score (nSPS) is 10.8. The highest BCUT2D eigenvalue weighted by Crippen LogP contribution is 2.24. The van der Waals surface area contributed by atoms with Crippen molar-refractivity contribution in [1.29, 1.82) is 5.26 Å². The van der Waals surface area contributed by atoms with Crippen LogP contribution < -0.4 is 5.32 Å². The Morgan fingerprint density at radius 2 is 1.42 bits per heavy atom. The maximum absolute atomic E-state index is 9.26. The lowest BCUT2D eigenvalue weighted by Gasteiger charge is -2.19. The van der Waals surface area contributed by atoms with Crippen LogP contribution in [0.3, 0.4) is 0 Å². The van der Waals surface area contributed by atoms with E-state index in [1.54, 1.807) is 12.1 Å². The second-order valence-corrected chi connectivity index (χ2v) is 4.99. The monoisotopic (exact) mass is 252 g/mol. The molecule has 2 aromatic rings. The summed E-state index contributed by atoms with van der Waals surface area (Å²) in [4.78, 5) is 0. The Kier molecular flexibility index (Phi) is 3.43. The molecule has 2 N–H and O–H groups in total. The summed E-state index contributed by atoms with van der Waals surface area (Å²) in [5.74, 6) is 0.262. The fourth-order valence-electron chi connectivity index (χ4n) is 1.79. The summed E-state index contributed by atoms with van der Waals surface area (Å²) in [7, 11) is 0. The third-order valence-corrected chi connectivity index (χ3v) is 2.82. The summed E-state index contributed by atoms with van der Waals surface area (Å²) >= 11 is 0. The second kappa shape index (κ2) is 5.03. The zero-order valence-corrected chi connectivity index (χ0v) is 11.0. The highest BCUT2D eigenvalue weighted by atomic mass is 16.3. The number of rotatable bonds is 3. The van der Waals surface area contributed by atoms with Crippen LogP contribution in [0.2, 0.25) is 0 Å². The van der Waals surface area contributed by atoms with Crippen molar-refractivity contribution >= 4 is 5.69 Å². The lowest BCUT2D eigenvalue weighted by molar-refractivity contribution is 0.475. The first-order valence-corrected chi connectivity index (χ1v) is 6.09. The Balaban J connectivity index is 2.19. The predicted molar refractivity (Wildman–Crippen MR) is 76.9 cm³/mol. The minimum absolute atomic E-state index is 0.262. The highest BCUT2D eigenvalue weighted by molar-refractivity contribution is 5.66. The minimum Gasteiger partial charge on any atom is -0.508 e. The molecule has 0 bridgehead atoms. The van der Waals surface area contributed by atoms with Gasteiger partial charge in [-0.3, -0.25) is 0 Å². The molecule has 0 amide bonds.